The third kappa shape index (κ3) is 3.99. The topological polar surface area (TPSA) is 65.5 Å². The number of nitrogens with zero attached hydrogens (tertiary/aromatic N) is 2. The summed E-state index contributed by atoms with van der Waals surface area (Å²) in [5.74, 6) is -1.65. The molecule has 1 aromatic rings. The molecule has 0 saturated carbocycles. The van der Waals surface area contributed by atoms with Gasteiger partial charge in [-0.1, -0.05) is 6.92 Å². The molecule has 1 rings (SSSR count). The monoisotopic (exact) mass is 241 g/mol. The number of rotatable bonds is 6. The van der Waals surface area contributed by atoms with Crippen molar-refractivity contribution in [2.75, 3.05) is 32.0 Å². The Morgan fingerprint density at radius 3 is 2.94 bits per heavy atom. The van der Waals surface area contributed by atoms with Crippen molar-refractivity contribution in [1.82, 2.24) is 9.88 Å². The van der Waals surface area contributed by atoms with Gasteiger partial charge in [-0.15, -0.1) is 0 Å². The third-order valence-corrected chi connectivity index (χ3v) is 2.41. The Balaban J connectivity index is 2.67. The summed E-state index contributed by atoms with van der Waals surface area (Å²) in [6.07, 6.45) is 0.998. The summed E-state index contributed by atoms with van der Waals surface area (Å²) in [5.41, 5.74) is -0.149. The van der Waals surface area contributed by atoms with Crippen molar-refractivity contribution < 1.29 is 14.3 Å². The first-order chi connectivity index (χ1) is 8.04. The lowest BCUT2D eigenvalue weighted by Crippen LogP contribution is -2.25. The van der Waals surface area contributed by atoms with Crippen LogP contribution in [0.15, 0.2) is 12.3 Å². The van der Waals surface area contributed by atoms with E-state index >= 15 is 0 Å². The molecule has 5 nitrogen and oxygen atoms in total. The van der Waals surface area contributed by atoms with Gasteiger partial charge in [0, 0.05) is 13.1 Å². The summed E-state index contributed by atoms with van der Waals surface area (Å²) in [5, 5.41) is 11.8. The van der Waals surface area contributed by atoms with E-state index in [0.717, 1.165) is 25.4 Å². The van der Waals surface area contributed by atoms with Gasteiger partial charge in [0.2, 0.25) is 0 Å². The molecule has 0 amide bonds. The van der Waals surface area contributed by atoms with E-state index in [1.807, 2.05) is 14.0 Å². The van der Waals surface area contributed by atoms with Gasteiger partial charge in [0.15, 0.2) is 0 Å². The van der Waals surface area contributed by atoms with E-state index < -0.39 is 11.8 Å². The van der Waals surface area contributed by atoms with E-state index in [1.54, 1.807) is 0 Å². The smallest absolute Gasteiger partial charge is 0.339 e. The first-order valence-electron chi connectivity index (χ1n) is 5.35. The standard InChI is InChI=1S/C11H16FN3O2/c1-3-15(2)5-4-13-10-9(11(16)17)6-8(12)7-14-10/h6-7H,3-5H2,1-2H3,(H,13,14)(H,16,17). The van der Waals surface area contributed by atoms with Gasteiger partial charge in [0.25, 0.3) is 0 Å². The molecular weight excluding hydrogens is 225 g/mol. The molecule has 1 aromatic heterocycles. The number of halogens is 1. The van der Waals surface area contributed by atoms with Gasteiger partial charge >= 0.3 is 5.97 Å². The number of aromatic carboxylic acids is 1. The highest BCUT2D eigenvalue weighted by molar-refractivity contribution is 5.93. The molecule has 0 aliphatic heterocycles. The lowest BCUT2D eigenvalue weighted by atomic mass is 10.2. The van der Waals surface area contributed by atoms with Gasteiger partial charge in [-0.3, -0.25) is 0 Å². The van der Waals surface area contributed by atoms with Crippen LogP contribution in [0.25, 0.3) is 0 Å². The zero-order valence-electron chi connectivity index (χ0n) is 9.90. The van der Waals surface area contributed by atoms with Crippen LogP contribution in [0.2, 0.25) is 0 Å². The fourth-order valence-corrected chi connectivity index (χ4v) is 1.27. The molecule has 0 radical (unpaired) electrons. The molecule has 6 heteroatoms. The Hall–Kier alpha value is -1.69. The van der Waals surface area contributed by atoms with Gasteiger partial charge in [0.1, 0.15) is 17.2 Å². The molecule has 1 heterocycles. The number of likely N-dealkylation sites (N-methyl/N-ethyl adjacent to an activating group) is 1. The highest BCUT2D eigenvalue weighted by atomic mass is 19.1. The second kappa shape index (κ2) is 6.15. The largest absolute Gasteiger partial charge is 0.478 e. The zero-order valence-corrected chi connectivity index (χ0v) is 9.90. The van der Waals surface area contributed by atoms with Crippen LogP contribution in [0.5, 0.6) is 0 Å². The minimum absolute atomic E-state index is 0.149. The first-order valence-corrected chi connectivity index (χ1v) is 5.35. The molecule has 0 spiro atoms. The Morgan fingerprint density at radius 2 is 2.35 bits per heavy atom. The molecule has 0 aromatic carbocycles. The molecule has 17 heavy (non-hydrogen) atoms. The van der Waals surface area contributed by atoms with Gasteiger partial charge < -0.3 is 15.3 Å². The van der Waals surface area contributed by atoms with E-state index in [9.17, 15) is 9.18 Å². The van der Waals surface area contributed by atoms with Crippen LogP contribution in [0.4, 0.5) is 10.2 Å². The SMILES string of the molecule is CCN(C)CCNc1ncc(F)cc1C(=O)O. The number of pyridine rings is 1. The molecule has 0 unspecified atom stereocenters. The molecule has 0 fully saturated rings. The summed E-state index contributed by atoms with van der Waals surface area (Å²) < 4.78 is 12.9. The summed E-state index contributed by atoms with van der Waals surface area (Å²) in [4.78, 5) is 16.7. The zero-order chi connectivity index (χ0) is 12.8. The predicted octanol–water partition coefficient (Wildman–Crippen LogP) is 1.28. The molecule has 0 saturated heterocycles. The first kappa shape index (κ1) is 13.4. The average molecular weight is 241 g/mol. The molecule has 2 N–H and O–H groups in total. The number of anilines is 1. The minimum atomic E-state index is -1.19. The molecule has 0 atom stereocenters. The summed E-state index contributed by atoms with van der Waals surface area (Å²) >= 11 is 0. The second-order valence-corrected chi connectivity index (χ2v) is 3.68. The average Bonchev–Trinajstić information content (AvgIpc) is 2.30. The van der Waals surface area contributed by atoms with E-state index in [0.29, 0.717) is 6.54 Å². The fourth-order valence-electron chi connectivity index (χ4n) is 1.27. The van der Waals surface area contributed by atoms with Crippen molar-refractivity contribution in [3.63, 3.8) is 0 Å². The highest BCUT2D eigenvalue weighted by Crippen LogP contribution is 2.13. The molecule has 0 aliphatic carbocycles. The van der Waals surface area contributed by atoms with Crippen LogP contribution in [-0.4, -0.2) is 47.6 Å². The maximum Gasteiger partial charge on any atom is 0.339 e. The molecule has 0 aliphatic rings. The van der Waals surface area contributed by atoms with Crippen LogP contribution in [-0.2, 0) is 0 Å². The number of carboxylic acid groups (broad SMARTS) is 1. The minimum Gasteiger partial charge on any atom is -0.478 e. The van der Waals surface area contributed by atoms with E-state index in [-0.39, 0.29) is 11.4 Å². The van der Waals surface area contributed by atoms with Crippen LogP contribution in [0.1, 0.15) is 17.3 Å². The Bertz CT molecular complexity index is 398. The lowest BCUT2D eigenvalue weighted by molar-refractivity contribution is 0.0697. The maximum atomic E-state index is 12.9. The van der Waals surface area contributed by atoms with Gasteiger partial charge in [0.05, 0.1) is 6.20 Å². The van der Waals surface area contributed by atoms with Crippen molar-refractivity contribution in [3.8, 4) is 0 Å². The number of hydrogen-bond donors (Lipinski definition) is 2. The van der Waals surface area contributed by atoms with E-state index in [1.165, 1.54) is 0 Å². The van der Waals surface area contributed by atoms with Crippen LogP contribution in [0.3, 0.4) is 0 Å². The van der Waals surface area contributed by atoms with Crippen molar-refractivity contribution in [3.05, 3.63) is 23.6 Å². The summed E-state index contributed by atoms with van der Waals surface area (Å²) in [6.45, 7) is 4.25. The van der Waals surface area contributed by atoms with Gasteiger partial charge in [-0.25, -0.2) is 14.2 Å². The lowest BCUT2D eigenvalue weighted by Gasteiger charge is -2.15. The Labute approximate surface area is 99.3 Å². The molecular formula is C11H16FN3O2. The second-order valence-electron chi connectivity index (χ2n) is 3.68. The number of hydrogen-bond acceptors (Lipinski definition) is 4. The Kier molecular flexibility index (Phi) is 4.84. The quantitative estimate of drug-likeness (QED) is 0.785. The van der Waals surface area contributed by atoms with Crippen molar-refractivity contribution in [2.24, 2.45) is 0 Å². The maximum absolute atomic E-state index is 12.9. The fraction of sp³-hybridized carbons (Fsp3) is 0.455. The molecule has 94 valence electrons. The Morgan fingerprint density at radius 1 is 1.65 bits per heavy atom. The number of carbonyl (C=O) groups is 1. The van der Waals surface area contributed by atoms with Crippen LogP contribution in [0, 0.1) is 5.82 Å². The summed E-state index contributed by atoms with van der Waals surface area (Å²) in [6, 6.07) is 0.960. The summed E-state index contributed by atoms with van der Waals surface area (Å²) in [7, 11) is 1.96. The van der Waals surface area contributed by atoms with Crippen molar-refractivity contribution in [1.29, 1.82) is 0 Å². The van der Waals surface area contributed by atoms with Crippen LogP contribution < -0.4 is 5.32 Å². The van der Waals surface area contributed by atoms with Crippen molar-refractivity contribution in [2.45, 2.75) is 6.92 Å². The van der Waals surface area contributed by atoms with E-state index in [2.05, 4.69) is 15.2 Å². The number of carboxylic acids is 1. The van der Waals surface area contributed by atoms with Gasteiger partial charge in [-0.2, -0.15) is 0 Å². The normalized spacial score (nSPS) is 10.6. The third-order valence-electron chi connectivity index (χ3n) is 2.41. The predicted molar refractivity (Wildman–Crippen MR) is 62.8 cm³/mol. The van der Waals surface area contributed by atoms with E-state index in [4.69, 9.17) is 5.11 Å². The van der Waals surface area contributed by atoms with Crippen LogP contribution >= 0.6 is 0 Å². The molecule has 0 bridgehead atoms. The number of aromatic nitrogens is 1. The van der Waals surface area contributed by atoms with Gasteiger partial charge in [-0.05, 0) is 19.7 Å². The highest BCUT2D eigenvalue weighted by Gasteiger charge is 2.12. The number of nitrogens with one attached hydrogen (secondary N) is 1. The van der Waals surface area contributed by atoms with Crippen molar-refractivity contribution >= 4 is 11.8 Å².